The Kier molecular flexibility index (Phi) is 6.13. The summed E-state index contributed by atoms with van der Waals surface area (Å²) in [4.78, 5) is 28.0. The number of carbonyl (C=O) groups excluding carboxylic acids is 1. The molecule has 1 saturated heterocycles. The number of nitrogens with one attached hydrogen (secondary N) is 1. The zero-order valence-corrected chi connectivity index (χ0v) is 16.6. The molecule has 3 rings (SSSR count). The highest BCUT2D eigenvalue weighted by Crippen LogP contribution is 2.32. The van der Waals surface area contributed by atoms with Crippen molar-refractivity contribution in [2.24, 2.45) is 4.99 Å². The summed E-state index contributed by atoms with van der Waals surface area (Å²) in [5, 5.41) is 20.8. The quantitative estimate of drug-likeness (QED) is 0.657. The fraction of sp³-hybridized carbons (Fsp3) is 0.0526. The van der Waals surface area contributed by atoms with Gasteiger partial charge in [-0.25, -0.2) is 9.79 Å². The molecule has 2 N–H and O–H groups in total. The number of benzene rings is 2. The monoisotopic (exact) mass is 457 g/mol. The molecule has 0 saturated carbocycles. The number of rotatable bonds is 5. The van der Waals surface area contributed by atoms with Crippen LogP contribution in [0, 0.1) is 11.3 Å². The van der Waals surface area contributed by atoms with E-state index in [0.717, 1.165) is 16.2 Å². The molecule has 1 amide bonds. The van der Waals surface area contributed by atoms with Crippen LogP contribution in [0.4, 0.5) is 5.69 Å². The Hall–Kier alpha value is -3.09. The molecular formula is C19H12BrN3O4S. The SMILES string of the molecule is N#CCOc1ccc(Br)cc1C=C1SC(=Nc2cccc(C(=O)O)c2)NC1=O. The highest BCUT2D eigenvalue weighted by Gasteiger charge is 2.24. The van der Waals surface area contributed by atoms with E-state index in [4.69, 9.17) is 15.1 Å². The minimum atomic E-state index is -1.05. The second-order valence-electron chi connectivity index (χ2n) is 5.47. The summed E-state index contributed by atoms with van der Waals surface area (Å²) < 4.78 is 6.19. The van der Waals surface area contributed by atoms with E-state index < -0.39 is 5.97 Å². The maximum absolute atomic E-state index is 12.3. The highest BCUT2D eigenvalue weighted by molar-refractivity contribution is 9.10. The Balaban J connectivity index is 1.87. The van der Waals surface area contributed by atoms with Gasteiger partial charge in [0.05, 0.1) is 16.2 Å². The van der Waals surface area contributed by atoms with Gasteiger partial charge in [-0.15, -0.1) is 0 Å². The normalized spacial score (nSPS) is 16.1. The van der Waals surface area contributed by atoms with E-state index in [0.29, 0.717) is 27.1 Å². The molecule has 1 aliphatic rings. The van der Waals surface area contributed by atoms with Crippen LogP contribution >= 0.6 is 27.7 Å². The molecule has 140 valence electrons. The van der Waals surface area contributed by atoms with Crippen molar-refractivity contribution in [3.8, 4) is 11.8 Å². The van der Waals surface area contributed by atoms with Crippen molar-refractivity contribution in [3.63, 3.8) is 0 Å². The number of nitrogens with zero attached hydrogens (tertiary/aromatic N) is 2. The van der Waals surface area contributed by atoms with Gasteiger partial charge in [-0.1, -0.05) is 22.0 Å². The molecular weight excluding hydrogens is 446 g/mol. The average Bonchev–Trinajstić information content (AvgIpc) is 3.00. The highest BCUT2D eigenvalue weighted by atomic mass is 79.9. The molecule has 2 aromatic carbocycles. The molecule has 28 heavy (non-hydrogen) atoms. The number of carboxylic acids is 1. The number of amides is 1. The smallest absolute Gasteiger partial charge is 0.335 e. The number of aromatic carboxylic acids is 1. The van der Waals surface area contributed by atoms with E-state index in [1.807, 2.05) is 6.07 Å². The van der Waals surface area contributed by atoms with Crippen LogP contribution in [-0.2, 0) is 4.79 Å². The molecule has 0 aromatic heterocycles. The van der Waals surface area contributed by atoms with Gasteiger partial charge in [0.2, 0.25) is 0 Å². The number of ether oxygens (including phenoxy) is 1. The van der Waals surface area contributed by atoms with Crippen LogP contribution < -0.4 is 10.1 Å². The van der Waals surface area contributed by atoms with Gasteiger partial charge in [0, 0.05) is 10.0 Å². The Bertz CT molecular complexity index is 1060. The molecule has 0 aliphatic carbocycles. The summed E-state index contributed by atoms with van der Waals surface area (Å²) in [5.74, 6) is -0.903. The van der Waals surface area contributed by atoms with Gasteiger partial charge >= 0.3 is 5.97 Å². The van der Waals surface area contributed by atoms with E-state index >= 15 is 0 Å². The van der Waals surface area contributed by atoms with Gasteiger partial charge in [-0.2, -0.15) is 5.26 Å². The van der Waals surface area contributed by atoms with Gasteiger partial charge in [0.15, 0.2) is 11.8 Å². The third-order valence-electron chi connectivity index (χ3n) is 3.53. The summed E-state index contributed by atoms with van der Waals surface area (Å²) in [5.41, 5.74) is 1.17. The molecule has 1 aliphatic heterocycles. The minimum Gasteiger partial charge on any atom is -0.478 e. The molecule has 2 aromatic rings. The Labute approximate surface area is 172 Å². The van der Waals surface area contributed by atoms with Crippen LogP contribution in [0.25, 0.3) is 6.08 Å². The fourth-order valence-corrected chi connectivity index (χ4v) is 3.53. The van der Waals surface area contributed by atoms with Gasteiger partial charge in [-0.05, 0) is 54.2 Å². The Morgan fingerprint density at radius 2 is 2.18 bits per heavy atom. The van der Waals surface area contributed by atoms with Crippen LogP contribution in [0.15, 0.2) is 56.8 Å². The third-order valence-corrected chi connectivity index (χ3v) is 4.93. The standard InChI is InChI=1S/C19H12BrN3O4S/c20-13-4-5-15(27-7-6-21)12(8-13)10-16-17(24)23-19(28-16)22-14-3-1-2-11(9-14)18(25)26/h1-5,8-10H,7H2,(H,25,26)(H,22,23,24). The van der Waals surface area contributed by atoms with Crippen LogP contribution in [0.1, 0.15) is 15.9 Å². The summed E-state index contributed by atoms with van der Waals surface area (Å²) in [6.45, 7) is -0.107. The first-order valence-electron chi connectivity index (χ1n) is 7.88. The zero-order valence-electron chi connectivity index (χ0n) is 14.2. The van der Waals surface area contributed by atoms with E-state index in [9.17, 15) is 9.59 Å². The number of amidine groups is 1. The van der Waals surface area contributed by atoms with Crippen LogP contribution in [-0.4, -0.2) is 28.8 Å². The predicted octanol–water partition coefficient (Wildman–Crippen LogP) is 3.94. The molecule has 0 unspecified atom stereocenters. The number of carboxylic acid groups (broad SMARTS) is 1. The van der Waals surface area contributed by atoms with Crippen molar-refractivity contribution >= 4 is 56.5 Å². The minimum absolute atomic E-state index is 0.107. The molecule has 0 atom stereocenters. The van der Waals surface area contributed by atoms with Gasteiger partial charge < -0.3 is 15.2 Å². The molecule has 0 bridgehead atoms. The fourth-order valence-electron chi connectivity index (χ4n) is 2.32. The van der Waals surface area contributed by atoms with E-state index in [1.165, 1.54) is 12.1 Å². The van der Waals surface area contributed by atoms with Crippen molar-refractivity contribution in [1.82, 2.24) is 5.32 Å². The first-order valence-corrected chi connectivity index (χ1v) is 9.49. The first-order chi connectivity index (χ1) is 13.5. The second kappa shape index (κ2) is 8.73. The third kappa shape index (κ3) is 4.79. The lowest BCUT2D eigenvalue weighted by Crippen LogP contribution is -2.19. The molecule has 0 radical (unpaired) electrons. The number of hydrogen-bond acceptors (Lipinski definition) is 6. The van der Waals surface area contributed by atoms with Crippen LogP contribution in [0.5, 0.6) is 5.75 Å². The van der Waals surface area contributed by atoms with Gasteiger partial charge in [0.25, 0.3) is 5.91 Å². The number of halogens is 1. The van der Waals surface area contributed by atoms with Crippen molar-refractivity contribution in [2.45, 2.75) is 0 Å². The summed E-state index contributed by atoms with van der Waals surface area (Å²) >= 11 is 4.50. The predicted molar refractivity (Wildman–Crippen MR) is 109 cm³/mol. The molecule has 7 nitrogen and oxygen atoms in total. The molecule has 1 heterocycles. The maximum Gasteiger partial charge on any atom is 0.335 e. The lowest BCUT2D eigenvalue weighted by Gasteiger charge is -2.07. The van der Waals surface area contributed by atoms with Crippen molar-refractivity contribution in [3.05, 3.63) is 63.0 Å². The number of carbonyl (C=O) groups is 2. The summed E-state index contributed by atoms with van der Waals surface area (Å²) in [7, 11) is 0. The van der Waals surface area contributed by atoms with Crippen molar-refractivity contribution in [1.29, 1.82) is 5.26 Å². The number of thioether (sulfide) groups is 1. The van der Waals surface area contributed by atoms with Gasteiger partial charge in [-0.3, -0.25) is 4.79 Å². The molecule has 1 fully saturated rings. The second-order valence-corrected chi connectivity index (χ2v) is 7.41. The summed E-state index contributed by atoms with van der Waals surface area (Å²) in [6, 6.07) is 13.3. The van der Waals surface area contributed by atoms with Crippen LogP contribution in [0.2, 0.25) is 0 Å². The zero-order chi connectivity index (χ0) is 20.1. The average molecular weight is 458 g/mol. The summed E-state index contributed by atoms with van der Waals surface area (Å²) in [6.07, 6.45) is 1.65. The van der Waals surface area contributed by atoms with Crippen molar-refractivity contribution < 1.29 is 19.4 Å². The topological polar surface area (TPSA) is 112 Å². The number of nitriles is 1. The first kappa shape index (κ1) is 19.7. The Morgan fingerprint density at radius 3 is 2.93 bits per heavy atom. The van der Waals surface area contributed by atoms with E-state index in [2.05, 4.69) is 26.2 Å². The van der Waals surface area contributed by atoms with Gasteiger partial charge in [0.1, 0.15) is 11.8 Å². The number of aliphatic imine (C=N–C) groups is 1. The van der Waals surface area contributed by atoms with Crippen LogP contribution in [0.3, 0.4) is 0 Å². The number of hydrogen-bond donors (Lipinski definition) is 2. The Morgan fingerprint density at radius 1 is 1.36 bits per heavy atom. The lowest BCUT2D eigenvalue weighted by molar-refractivity contribution is -0.115. The maximum atomic E-state index is 12.3. The van der Waals surface area contributed by atoms with Crippen molar-refractivity contribution in [2.75, 3.05) is 6.61 Å². The van der Waals surface area contributed by atoms with E-state index in [1.54, 1.807) is 36.4 Å². The largest absolute Gasteiger partial charge is 0.478 e. The molecule has 9 heteroatoms. The molecule has 0 spiro atoms. The van der Waals surface area contributed by atoms with E-state index in [-0.39, 0.29) is 18.1 Å². The lowest BCUT2D eigenvalue weighted by atomic mass is 10.2.